The Morgan fingerprint density at radius 1 is 1.29 bits per heavy atom. The predicted molar refractivity (Wildman–Crippen MR) is 115 cm³/mol. The van der Waals surface area contributed by atoms with Gasteiger partial charge in [-0.2, -0.15) is 4.98 Å². The van der Waals surface area contributed by atoms with Gasteiger partial charge >= 0.3 is 6.09 Å². The molecule has 1 aliphatic heterocycles. The van der Waals surface area contributed by atoms with Crippen LogP contribution in [0.2, 0.25) is 5.02 Å². The number of aryl methyl sites for hydroxylation is 1. The molecule has 1 saturated heterocycles. The monoisotopic (exact) mass is 443 g/mol. The molecule has 31 heavy (non-hydrogen) atoms. The molecule has 0 atom stereocenters. The van der Waals surface area contributed by atoms with E-state index in [4.69, 9.17) is 21.1 Å². The second-order valence-corrected chi connectivity index (χ2v) is 7.45. The van der Waals surface area contributed by atoms with E-state index in [9.17, 15) is 9.59 Å². The van der Waals surface area contributed by atoms with E-state index in [2.05, 4.69) is 9.97 Å². The van der Waals surface area contributed by atoms with Crippen molar-refractivity contribution in [3.8, 4) is 5.88 Å². The van der Waals surface area contributed by atoms with Gasteiger partial charge in [-0.25, -0.2) is 4.79 Å². The zero-order chi connectivity index (χ0) is 22.0. The normalized spacial score (nSPS) is 14.2. The number of amides is 2. The second kappa shape index (κ2) is 8.81. The molecule has 2 amide bonds. The van der Waals surface area contributed by atoms with Crippen molar-refractivity contribution in [1.82, 2.24) is 19.4 Å². The standard InChI is InChI=1S/C21H22ClN5O4/c1-3-30-21(29)26-8-9-27(18(28)12-26)17-11-25(2)19-15(17)10-16(22)20(24-19)31-13-14-6-4-5-7-23-14/h4-7,10-11H,3,8-9,12-13H2,1-2H3. The van der Waals surface area contributed by atoms with E-state index in [1.165, 1.54) is 4.90 Å². The number of hydrogen-bond acceptors (Lipinski definition) is 6. The van der Waals surface area contributed by atoms with Crippen molar-refractivity contribution in [2.45, 2.75) is 13.5 Å². The van der Waals surface area contributed by atoms with Gasteiger partial charge in [-0.1, -0.05) is 17.7 Å². The summed E-state index contributed by atoms with van der Waals surface area (Å²) in [6.07, 6.45) is 3.04. The largest absolute Gasteiger partial charge is 0.470 e. The molecule has 4 heterocycles. The fraction of sp³-hybridized carbons (Fsp3) is 0.333. The number of aromatic nitrogens is 3. The van der Waals surface area contributed by atoms with Crippen molar-refractivity contribution in [3.63, 3.8) is 0 Å². The first kappa shape index (κ1) is 20.9. The molecule has 0 unspecified atom stereocenters. The summed E-state index contributed by atoms with van der Waals surface area (Å²) < 4.78 is 12.6. The minimum absolute atomic E-state index is 0.0400. The summed E-state index contributed by atoms with van der Waals surface area (Å²) in [4.78, 5) is 36.5. The number of piperazine rings is 1. The number of halogens is 1. The topological polar surface area (TPSA) is 89.8 Å². The van der Waals surface area contributed by atoms with Gasteiger partial charge in [0.2, 0.25) is 11.8 Å². The zero-order valence-electron chi connectivity index (χ0n) is 17.2. The molecule has 4 rings (SSSR count). The Kier molecular flexibility index (Phi) is 5.94. The van der Waals surface area contributed by atoms with Crippen LogP contribution >= 0.6 is 11.6 Å². The lowest BCUT2D eigenvalue weighted by atomic mass is 10.2. The molecule has 3 aromatic heterocycles. The summed E-state index contributed by atoms with van der Waals surface area (Å²) in [6.45, 7) is 2.94. The van der Waals surface area contributed by atoms with E-state index in [0.29, 0.717) is 35.3 Å². The molecular weight excluding hydrogens is 422 g/mol. The van der Waals surface area contributed by atoms with Crippen LogP contribution in [-0.4, -0.2) is 57.7 Å². The summed E-state index contributed by atoms with van der Waals surface area (Å²) >= 11 is 6.44. The van der Waals surface area contributed by atoms with Gasteiger partial charge in [0.05, 0.1) is 18.0 Å². The van der Waals surface area contributed by atoms with Crippen LogP contribution in [0.1, 0.15) is 12.6 Å². The lowest BCUT2D eigenvalue weighted by Crippen LogP contribution is -2.52. The predicted octanol–water partition coefficient (Wildman–Crippen LogP) is 3.01. The average Bonchev–Trinajstić information content (AvgIpc) is 3.08. The van der Waals surface area contributed by atoms with Crippen LogP contribution in [0.15, 0.2) is 36.7 Å². The quantitative estimate of drug-likeness (QED) is 0.602. The first-order chi connectivity index (χ1) is 15.0. The number of fused-ring (bicyclic) bond motifs is 1. The Balaban J connectivity index is 1.57. The van der Waals surface area contributed by atoms with Crippen molar-refractivity contribution in [1.29, 1.82) is 0 Å². The highest BCUT2D eigenvalue weighted by atomic mass is 35.5. The number of ether oxygens (including phenoxy) is 2. The average molecular weight is 444 g/mol. The number of hydrogen-bond donors (Lipinski definition) is 0. The fourth-order valence-corrected chi connectivity index (χ4v) is 3.68. The maximum Gasteiger partial charge on any atom is 0.410 e. The van der Waals surface area contributed by atoms with Gasteiger partial charge in [0.15, 0.2) is 0 Å². The van der Waals surface area contributed by atoms with E-state index in [-0.39, 0.29) is 25.7 Å². The maximum atomic E-state index is 12.8. The SMILES string of the molecule is CCOC(=O)N1CCN(c2cn(C)c3nc(OCc4ccccn4)c(Cl)cc23)C(=O)C1. The molecule has 1 fully saturated rings. The molecule has 9 nitrogen and oxygen atoms in total. The Bertz CT molecular complexity index is 1120. The van der Waals surface area contributed by atoms with Gasteiger partial charge in [0, 0.05) is 37.9 Å². The maximum absolute atomic E-state index is 12.8. The molecule has 0 bridgehead atoms. The highest BCUT2D eigenvalue weighted by molar-refractivity contribution is 6.32. The van der Waals surface area contributed by atoms with Crippen LogP contribution in [0.5, 0.6) is 5.88 Å². The van der Waals surface area contributed by atoms with Crippen molar-refractivity contribution in [3.05, 3.63) is 47.4 Å². The number of anilines is 1. The molecule has 1 aliphatic rings. The molecule has 3 aromatic rings. The Hall–Kier alpha value is -3.33. The van der Waals surface area contributed by atoms with Gasteiger partial charge in [-0.3, -0.25) is 14.7 Å². The van der Waals surface area contributed by atoms with E-state index in [1.54, 1.807) is 24.1 Å². The third kappa shape index (κ3) is 4.27. The number of carbonyl (C=O) groups excluding carboxylic acids is 2. The minimum Gasteiger partial charge on any atom is -0.470 e. The third-order valence-electron chi connectivity index (χ3n) is 4.97. The van der Waals surface area contributed by atoms with Gasteiger partial charge in [-0.05, 0) is 25.1 Å². The lowest BCUT2D eigenvalue weighted by molar-refractivity contribution is -0.120. The molecule has 162 valence electrons. The number of rotatable bonds is 5. The number of pyridine rings is 2. The molecule has 0 radical (unpaired) electrons. The summed E-state index contributed by atoms with van der Waals surface area (Å²) in [5.41, 5.74) is 2.09. The first-order valence-corrected chi connectivity index (χ1v) is 10.3. The molecule has 0 aromatic carbocycles. The summed E-state index contributed by atoms with van der Waals surface area (Å²) in [5.74, 6) is 0.101. The van der Waals surface area contributed by atoms with E-state index in [1.807, 2.05) is 36.0 Å². The molecule has 0 aliphatic carbocycles. The van der Waals surface area contributed by atoms with Crippen molar-refractivity contribution in [2.24, 2.45) is 7.05 Å². The minimum atomic E-state index is -0.479. The second-order valence-electron chi connectivity index (χ2n) is 7.05. The lowest BCUT2D eigenvalue weighted by Gasteiger charge is -2.33. The van der Waals surface area contributed by atoms with Gasteiger partial charge < -0.3 is 18.9 Å². The third-order valence-corrected chi connectivity index (χ3v) is 5.24. The van der Waals surface area contributed by atoms with Crippen LogP contribution in [0, 0.1) is 0 Å². The van der Waals surface area contributed by atoms with E-state index < -0.39 is 6.09 Å². The van der Waals surface area contributed by atoms with Crippen LogP contribution in [0.25, 0.3) is 11.0 Å². The van der Waals surface area contributed by atoms with Crippen LogP contribution in [0.4, 0.5) is 10.5 Å². The van der Waals surface area contributed by atoms with Crippen LogP contribution in [-0.2, 0) is 23.2 Å². The fourth-order valence-electron chi connectivity index (χ4n) is 3.47. The Morgan fingerprint density at radius 3 is 2.84 bits per heavy atom. The molecule has 0 N–H and O–H groups in total. The van der Waals surface area contributed by atoms with Gasteiger partial charge in [-0.15, -0.1) is 0 Å². The van der Waals surface area contributed by atoms with E-state index >= 15 is 0 Å². The summed E-state index contributed by atoms with van der Waals surface area (Å²) in [6, 6.07) is 7.32. The van der Waals surface area contributed by atoms with Crippen LogP contribution < -0.4 is 9.64 Å². The first-order valence-electron chi connectivity index (χ1n) is 9.88. The molecule has 10 heteroatoms. The van der Waals surface area contributed by atoms with Crippen molar-refractivity contribution >= 4 is 40.3 Å². The van der Waals surface area contributed by atoms with Crippen molar-refractivity contribution < 1.29 is 19.1 Å². The Labute approximate surface area is 184 Å². The molecule has 0 saturated carbocycles. The summed E-state index contributed by atoms with van der Waals surface area (Å²) in [5, 5.41) is 1.07. The summed E-state index contributed by atoms with van der Waals surface area (Å²) in [7, 11) is 1.84. The highest BCUT2D eigenvalue weighted by Crippen LogP contribution is 2.34. The number of carbonyl (C=O) groups is 2. The number of nitrogens with zero attached hydrogens (tertiary/aromatic N) is 5. The van der Waals surface area contributed by atoms with Crippen molar-refractivity contribution in [2.75, 3.05) is 31.1 Å². The Morgan fingerprint density at radius 2 is 2.13 bits per heavy atom. The van der Waals surface area contributed by atoms with Gasteiger partial charge in [0.25, 0.3) is 0 Å². The molecular formula is C21H22ClN5O4. The van der Waals surface area contributed by atoms with Crippen LogP contribution in [0.3, 0.4) is 0 Å². The molecule has 0 spiro atoms. The highest BCUT2D eigenvalue weighted by Gasteiger charge is 2.30. The van der Waals surface area contributed by atoms with Gasteiger partial charge in [0.1, 0.15) is 23.8 Å². The zero-order valence-corrected chi connectivity index (χ0v) is 18.0. The smallest absolute Gasteiger partial charge is 0.410 e. The van der Waals surface area contributed by atoms with E-state index in [0.717, 1.165) is 11.1 Å².